The van der Waals surface area contributed by atoms with E-state index in [4.69, 9.17) is 0 Å². The van der Waals surface area contributed by atoms with Gasteiger partial charge in [-0.15, -0.1) is 0 Å². The second-order valence-electron chi connectivity index (χ2n) is 6.38. The molecule has 0 bridgehead atoms. The molecule has 2 aliphatic heterocycles. The highest BCUT2D eigenvalue weighted by atomic mass is 32.2. The van der Waals surface area contributed by atoms with Crippen molar-refractivity contribution < 1.29 is 8.42 Å². The molecular weight excluding hydrogens is 248 g/mol. The molecule has 0 amide bonds. The maximum Gasteiger partial charge on any atom is 0.150 e. The second kappa shape index (κ2) is 5.10. The van der Waals surface area contributed by atoms with E-state index in [0.717, 1.165) is 32.4 Å². The summed E-state index contributed by atoms with van der Waals surface area (Å²) in [5, 5.41) is 3.58. The van der Waals surface area contributed by atoms with Gasteiger partial charge in [-0.05, 0) is 33.1 Å². The van der Waals surface area contributed by atoms with Crippen LogP contribution in [0.15, 0.2) is 0 Å². The van der Waals surface area contributed by atoms with Gasteiger partial charge in [-0.25, -0.2) is 8.42 Å². The van der Waals surface area contributed by atoms with Crippen molar-refractivity contribution >= 4 is 9.84 Å². The second-order valence-corrected chi connectivity index (χ2v) is 8.69. The first kappa shape index (κ1) is 14.3. The van der Waals surface area contributed by atoms with E-state index in [2.05, 4.69) is 31.0 Å². The SMILES string of the molecule is CCC1CNC(C)(C)CN1C1CCS(=O)(=O)CC1. The van der Waals surface area contributed by atoms with Crippen molar-refractivity contribution in [1.29, 1.82) is 0 Å². The van der Waals surface area contributed by atoms with Gasteiger partial charge in [-0.1, -0.05) is 6.92 Å². The van der Waals surface area contributed by atoms with Crippen molar-refractivity contribution in [1.82, 2.24) is 10.2 Å². The molecule has 0 aromatic heterocycles. The van der Waals surface area contributed by atoms with E-state index in [9.17, 15) is 8.42 Å². The Labute approximate surface area is 111 Å². The summed E-state index contributed by atoms with van der Waals surface area (Å²) >= 11 is 0. The summed E-state index contributed by atoms with van der Waals surface area (Å²) in [6.45, 7) is 8.72. The van der Waals surface area contributed by atoms with Gasteiger partial charge in [-0.2, -0.15) is 0 Å². The van der Waals surface area contributed by atoms with E-state index in [1.165, 1.54) is 0 Å². The molecule has 0 aromatic rings. The largest absolute Gasteiger partial charge is 0.309 e. The van der Waals surface area contributed by atoms with Crippen LogP contribution >= 0.6 is 0 Å². The van der Waals surface area contributed by atoms with Gasteiger partial charge in [0.05, 0.1) is 11.5 Å². The predicted octanol–water partition coefficient (Wildman–Crippen LogP) is 1.03. The standard InChI is InChI=1S/C13H26N2O2S/c1-4-11-9-14-13(2,3)10-15(11)12-5-7-18(16,17)8-6-12/h11-12,14H,4-10H2,1-3H3. The highest BCUT2D eigenvalue weighted by Gasteiger charge is 2.37. The summed E-state index contributed by atoms with van der Waals surface area (Å²) in [5.41, 5.74) is 0.141. The summed E-state index contributed by atoms with van der Waals surface area (Å²) in [7, 11) is -2.75. The predicted molar refractivity (Wildman–Crippen MR) is 74.5 cm³/mol. The molecule has 4 nitrogen and oxygen atoms in total. The molecule has 0 saturated carbocycles. The lowest BCUT2D eigenvalue weighted by atomic mass is 9.94. The summed E-state index contributed by atoms with van der Waals surface area (Å²) in [6, 6.07) is 1.02. The number of rotatable bonds is 2. The Morgan fingerprint density at radius 3 is 2.44 bits per heavy atom. The van der Waals surface area contributed by atoms with Crippen LogP contribution in [0.1, 0.15) is 40.0 Å². The molecule has 1 N–H and O–H groups in total. The van der Waals surface area contributed by atoms with Crippen LogP contribution < -0.4 is 5.32 Å². The van der Waals surface area contributed by atoms with Gasteiger partial charge in [0.25, 0.3) is 0 Å². The third-order valence-electron chi connectivity index (χ3n) is 4.33. The Morgan fingerprint density at radius 2 is 1.89 bits per heavy atom. The quantitative estimate of drug-likeness (QED) is 0.817. The maximum atomic E-state index is 11.5. The van der Waals surface area contributed by atoms with Gasteiger partial charge < -0.3 is 5.32 Å². The Bertz CT molecular complexity index is 378. The average molecular weight is 274 g/mol. The summed E-state index contributed by atoms with van der Waals surface area (Å²) in [5.74, 6) is 0.747. The van der Waals surface area contributed by atoms with Crippen LogP contribution in [-0.2, 0) is 9.84 Å². The fourth-order valence-corrected chi connectivity index (χ4v) is 4.63. The molecule has 1 unspecified atom stereocenters. The van der Waals surface area contributed by atoms with Crippen molar-refractivity contribution in [2.75, 3.05) is 24.6 Å². The molecule has 18 heavy (non-hydrogen) atoms. The van der Waals surface area contributed by atoms with Crippen LogP contribution in [0, 0.1) is 0 Å². The van der Waals surface area contributed by atoms with E-state index >= 15 is 0 Å². The molecule has 0 spiro atoms. The molecule has 0 radical (unpaired) electrons. The Morgan fingerprint density at radius 1 is 1.28 bits per heavy atom. The zero-order valence-electron chi connectivity index (χ0n) is 11.8. The third-order valence-corrected chi connectivity index (χ3v) is 6.04. The molecule has 106 valence electrons. The van der Waals surface area contributed by atoms with Crippen LogP contribution in [0.25, 0.3) is 0 Å². The van der Waals surface area contributed by atoms with Crippen LogP contribution in [0.5, 0.6) is 0 Å². The summed E-state index contributed by atoms with van der Waals surface area (Å²) in [6.07, 6.45) is 2.76. The highest BCUT2D eigenvalue weighted by Crippen LogP contribution is 2.26. The number of hydrogen-bond acceptors (Lipinski definition) is 4. The van der Waals surface area contributed by atoms with E-state index in [1.807, 2.05) is 0 Å². The van der Waals surface area contributed by atoms with Crippen LogP contribution in [0.3, 0.4) is 0 Å². The number of hydrogen-bond donors (Lipinski definition) is 1. The zero-order valence-corrected chi connectivity index (χ0v) is 12.6. The normalized spacial score (nSPS) is 33.4. The third kappa shape index (κ3) is 3.25. The van der Waals surface area contributed by atoms with Crippen LogP contribution in [-0.4, -0.2) is 55.5 Å². The van der Waals surface area contributed by atoms with Crippen molar-refractivity contribution in [3.05, 3.63) is 0 Å². The lowest BCUT2D eigenvalue weighted by molar-refractivity contribution is 0.0476. The van der Waals surface area contributed by atoms with Gasteiger partial charge in [-0.3, -0.25) is 4.90 Å². The van der Waals surface area contributed by atoms with E-state index in [0.29, 0.717) is 23.6 Å². The van der Waals surface area contributed by atoms with Crippen molar-refractivity contribution in [3.63, 3.8) is 0 Å². The van der Waals surface area contributed by atoms with Crippen LogP contribution in [0.2, 0.25) is 0 Å². The minimum absolute atomic E-state index is 0.141. The molecule has 2 fully saturated rings. The number of sulfone groups is 1. The summed E-state index contributed by atoms with van der Waals surface area (Å²) in [4.78, 5) is 2.56. The number of nitrogens with one attached hydrogen (secondary N) is 1. The molecule has 2 saturated heterocycles. The monoisotopic (exact) mass is 274 g/mol. The summed E-state index contributed by atoms with van der Waals surface area (Å²) < 4.78 is 23.1. The van der Waals surface area contributed by atoms with E-state index < -0.39 is 9.84 Å². The Kier molecular flexibility index (Phi) is 4.04. The van der Waals surface area contributed by atoms with Gasteiger partial charge in [0, 0.05) is 30.7 Å². The molecule has 2 heterocycles. The molecule has 0 aromatic carbocycles. The topological polar surface area (TPSA) is 49.4 Å². The fourth-order valence-electron chi connectivity index (χ4n) is 3.17. The van der Waals surface area contributed by atoms with Crippen molar-refractivity contribution in [3.8, 4) is 0 Å². The molecule has 1 atom stereocenters. The number of piperazine rings is 1. The lowest BCUT2D eigenvalue weighted by Crippen LogP contribution is -2.64. The molecule has 2 aliphatic rings. The minimum atomic E-state index is -2.75. The van der Waals surface area contributed by atoms with Gasteiger partial charge in [0.1, 0.15) is 9.84 Å². The van der Waals surface area contributed by atoms with E-state index in [1.54, 1.807) is 0 Å². The van der Waals surface area contributed by atoms with Gasteiger partial charge >= 0.3 is 0 Å². The number of nitrogens with zero attached hydrogens (tertiary/aromatic N) is 1. The molecule has 2 rings (SSSR count). The molecule has 5 heteroatoms. The zero-order chi connectivity index (χ0) is 13.4. The van der Waals surface area contributed by atoms with Gasteiger partial charge in [0.2, 0.25) is 0 Å². The first-order valence-corrected chi connectivity index (χ1v) is 8.86. The molecular formula is C13H26N2O2S. The van der Waals surface area contributed by atoms with Gasteiger partial charge in [0.15, 0.2) is 0 Å². The smallest absolute Gasteiger partial charge is 0.150 e. The van der Waals surface area contributed by atoms with Crippen LogP contribution in [0.4, 0.5) is 0 Å². The van der Waals surface area contributed by atoms with Crippen molar-refractivity contribution in [2.24, 2.45) is 0 Å². The van der Waals surface area contributed by atoms with E-state index in [-0.39, 0.29) is 5.54 Å². The highest BCUT2D eigenvalue weighted by molar-refractivity contribution is 7.91. The first-order chi connectivity index (χ1) is 8.33. The Balaban J connectivity index is 2.05. The average Bonchev–Trinajstić information content (AvgIpc) is 2.28. The fraction of sp³-hybridized carbons (Fsp3) is 1.00. The van der Waals surface area contributed by atoms with Crippen molar-refractivity contribution in [2.45, 2.75) is 57.7 Å². The Hall–Kier alpha value is -0.130. The maximum absolute atomic E-state index is 11.5. The molecule has 0 aliphatic carbocycles. The first-order valence-electron chi connectivity index (χ1n) is 7.04. The minimum Gasteiger partial charge on any atom is -0.309 e. The lowest BCUT2D eigenvalue weighted by Gasteiger charge is -2.48.